The third-order valence-electron chi connectivity index (χ3n) is 2.45. The van der Waals surface area contributed by atoms with Crippen LogP contribution in [0.25, 0.3) is 0 Å². The van der Waals surface area contributed by atoms with Crippen LogP contribution < -0.4 is 4.90 Å². The Morgan fingerprint density at radius 2 is 2.40 bits per heavy atom. The molecule has 0 saturated carbocycles. The van der Waals surface area contributed by atoms with Crippen molar-refractivity contribution in [2.75, 3.05) is 17.3 Å². The van der Waals surface area contributed by atoms with Crippen molar-refractivity contribution < 1.29 is 9.18 Å². The van der Waals surface area contributed by atoms with Gasteiger partial charge in [-0.1, -0.05) is 0 Å². The van der Waals surface area contributed by atoms with Crippen molar-refractivity contribution in [1.82, 2.24) is 4.98 Å². The first-order chi connectivity index (χ1) is 7.20. The van der Waals surface area contributed by atoms with E-state index in [1.54, 1.807) is 11.0 Å². The summed E-state index contributed by atoms with van der Waals surface area (Å²) < 4.78 is 12.6. The SMILES string of the molecule is O=C1CC(CCl)CN1c1ccc(F)nc1. The molecule has 15 heavy (non-hydrogen) atoms. The molecule has 2 rings (SSSR count). The van der Waals surface area contributed by atoms with E-state index in [9.17, 15) is 9.18 Å². The molecule has 0 N–H and O–H groups in total. The van der Waals surface area contributed by atoms with Gasteiger partial charge in [0.25, 0.3) is 0 Å². The van der Waals surface area contributed by atoms with Gasteiger partial charge in [-0.2, -0.15) is 4.39 Å². The molecule has 0 radical (unpaired) electrons. The van der Waals surface area contributed by atoms with Crippen molar-refractivity contribution in [2.24, 2.45) is 5.92 Å². The fourth-order valence-electron chi connectivity index (χ4n) is 1.66. The smallest absolute Gasteiger partial charge is 0.227 e. The maximum Gasteiger partial charge on any atom is 0.227 e. The number of carbonyl (C=O) groups is 1. The van der Waals surface area contributed by atoms with Gasteiger partial charge in [-0.05, 0) is 18.1 Å². The Hall–Kier alpha value is -1.16. The number of amides is 1. The van der Waals surface area contributed by atoms with Crippen LogP contribution in [-0.4, -0.2) is 23.3 Å². The lowest BCUT2D eigenvalue weighted by Crippen LogP contribution is -2.24. The molecule has 1 unspecified atom stereocenters. The summed E-state index contributed by atoms with van der Waals surface area (Å²) >= 11 is 5.70. The van der Waals surface area contributed by atoms with Crippen LogP contribution in [0.1, 0.15) is 6.42 Å². The summed E-state index contributed by atoms with van der Waals surface area (Å²) in [5.74, 6) is 0.134. The van der Waals surface area contributed by atoms with Gasteiger partial charge in [0, 0.05) is 18.8 Å². The van der Waals surface area contributed by atoms with Gasteiger partial charge in [-0.25, -0.2) is 4.98 Å². The number of carbonyl (C=O) groups excluding carboxylic acids is 1. The zero-order valence-corrected chi connectivity index (χ0v) is 8.75. The minimum Gasteiger partial charge on any atom is -0.311 e. The molecule has 1 aromatic heterocycles. The molecular formula is C10H10ClFN2O. The predicted octanol–water partition coefficient (Wildman–Crippen LogP) is 1.81. The Bertz CT molecular complexity index is 368. The van der Waals surface area contributed by atoms with E-state index in [1.165, 1.54) is 12.3 Å². The summed E-state index contributed by atoms with van der Waals surface area (Å²) in [7, 11) is 0. The lowest BCUT2D eigenvalue weighted by molar-refractivity contribution is -0.117. The van der Waals surface area contributed by atoms with E-state index in [-0.39, 0.29) is 11.8 Å². The average molecular weight is 229 g/mol. The predicted molar refractivity (Wildman–Crippen MR) is 55.4 cm³/mol. The molecule has 1 aliphatic heterocycles. The Balaban J connectivity index is 2.18. The number of aromatic nitrogens is 1. The molecule has 1 aromatic rings. The molecule has 2 heterocycles. The summed E-state index contributed by atoms with van der Waals surface area (Å²) in [6, 6.07) is 2.80. The number of alkyl halides is 1. The standard InChI is InChI=1S/C10H10ClFN2O/c11-4-7-3-10(15)14(6-7)8-1-2-9(12)13-5-8/h1-2,5,7H,3-4,6H2. The highest BCUT2D eigenvalue weighted by Crippen LogP contribution is 2.24. The second-order valence-corrected chi connectivity index (χ2v) is 3.88. The van der Waals surface area contributed by atoms with Gasteiger partial charge in [0.1, 0.15) is 0 Å². The highest BCUT2D eigenvalue weighted by atomic mass is 35.5. The molecule has 5 heteroatoms. The van der Waals surface area contributed by atoms with E-state index in [0.29, 0.717) is 24.5 Å². The molecule has 1 amide bonds. The molecule has 1 aliphatic rings. The number of nitrogens with zero attached hydrogens (tertiary/aromatic N) is 2. The van der Waals surface area contributed by atoms with Crippen LogP contribution in [0.5, 0.6) is 0 Å². The van der Waals surface area contributed by atoms with E-state index in [1.807, 2.05) is 0 Å². The summed E-state index contributed by atoms with van der Waals surface area (Å²) in [6.07, 6.45) is 1.82. The van der Waals surface area contributed by atoms with Crippen LogP contribution in [0, 0.1) is 11.9 Å². The molecule has 0 aliphatic carbocycles. The molecule has 0 spiro atoms. The van der Waals surface area contributed by atoms with Crippen LogP contribution in [-0.2, 0) is 4.79 Å². The molecule has 1 saturated heterocycles. The molecule has 1 atom stereocenters. The lowest BCUT2D eigenvalue weighted by Gasteiger charge is -2.15. The van der Waals surface area contributed by atoms with Gasteiger partial charge in [0.05, 0.1) is 11.9 Å². The van der Waals surface area contributed by atoms with Crippen LogP contribution in [0.2, 0.25) is 0 Å². The minimum absolute atomic E-state index is 0.0223. The van der Waals surface area contributed by atoms with Gasteiger partial charge < -0.3 is 4.90 Å². The topological polar surface area (TPSA) is 33.2 Å². The zero-order chi connectivity index (χ0) is 10.8. The molecule has 3 nitrogen and oxygen atoms in total. The first kappa shape index (κ1) is 10.4. The second kappa shape index (κ2) is 4.14. The van der Waals surface area contributed by atoms with Crippen molar-refractivity contribution in [3.8, 4) is 0 Å². The van der Waals surface area contributed by atoms with Gasteiger partial charge in [-0.3, -0.25) is 4.79 Å². The zero-order valence-electron chi connectivity index (χ0n) is 7.99. The highest BCUT2D eigenvalue weighted by Gasteiger charge is 2.29. The second-order valence-electron chi connectivity index (χ2n) is 3.57. The van der Waals surface area contributed by atoms with E-state index in [0.717, 1.165) is 0 Å². The fraction of sp³-hybridized carbons (Fsp3) is 0.400. The van der Waals surface area contributed by atoms with E-state index < -0.39 is 5.95 Å². The van der Waals surface area contributed by atoms with Crippen molar-refractivity contribution in [3.05, 3.63) is 24.3 Å². The number of hydrogen-bond donors (Lipinski definition) is 0. The Kier molecular flexibility index (Phi) is 2.86. The van der Waals surface area contributed by atoms with Crippen molar-refractivity contribution in [2.45, 2.75) is 6.42 Å². The van der Waals surface area contributed by atoms with Crippen molar-refractivity contribution in [3.63, 3.8) is 0 Å². The Morgan fingerprint density at radius 3 is 2.93 bits per heavy atom. The monoisotopic (exact) mass is 228 g/mol. The fourth-order valence-corrected chi connectivity index (χ4v) is 1.87. The third-order valence-corrected chi connectivity index (χ3v) is 2.88. The van der Waals surface area contributed by atoms with Gasteiger partial charge in [0.2, 0.25) is 11.9 Å². The molecule has 0 aromatic carbocycles. The normalized spacial score (nSPS) is 21.1. The van der Waals surface area contributed by atoms with Crippen LogP contribution in [0.15, 0.2) is 18.3 Å². The van der Waals surface area contributed by atoms with E-state index >= 15 is 0 Å². The number of anilines is 1. The quantitative estimate of drug-likeness (QED) is 0.571. The number of pyridine rings is 1. The Labute approximate surface area is 91.9 Å². The summed E-state index contributed by atoms with van der Waals surface area (Å²) in [5.41, 5.74) is 0.633. The summed E-state index contributed by atoms with van der Waals surface area (Å²) in [5, 5.41) is 0. The molecule has 80 valence electrons. The first-order valence-electron chi connectivity index (χ1n) is 4.68. The molecule has 1 fully saturated rings. The maximum atomic E-state index is 12.6. The van der Waals surface area contributed by atoms with Crippen molar-refractivity contribution in [1.29, 1.82) is 0 Å². The van der Waals surface area contributed by atoms with Crippen molar-refractivity contribution >= 4 is 23.2 Å². The van der Waals surface area contributed by atoms with Gasteiger partial charge in [0.15, 0.2) is 0 Å². The van der Waals surface area contributed by atoms with Gasteiger partial charge >= 0.3 is 0 Å². The highest BCUT2D eigenvalue weighted by molar-refractivity contribution is 6.18. The van der Waals surface area contributed by atoms with Crippen LogP contribution >= 0.6 is 11.6 Å². The van der Waals surface area contributed by atoms with E-state index in [4.69, 9.17) is 11.6 Å². The third kappa shape index (κ3) is 2.09. The Morgan fingerprint density at radius 1 is 1.60 bits per heavy atom. The molecule has 0 bridgehead atoms. The number of rotatable bonds is 2. The summed E-state index contributed by atoms with van der Waals surface area (Å²) in [4.78, 5) is 16.7. The van der Waals surface area contributed by atoms with Crippen LogP contribution in [0.4, 0.5) is 10.1 Å². The molecular weight excluding hydrogens is 219 g/mol. The lowest BCUT2D eigenvalue weighted by atomic mass is 10.1. The minimum atomic E-state index is -0.542. The largest absolute Gasteiger partial charge is 0.311 e. The summed E-state index contributed by atoms with van der Waals surface area (Å²) in [6.45, 7) is 0.593. The van der Waals surface area contributed by atoms with Gasteiger partial charge in [-0.15, -0.1) is 11.6 Å². The maximum absolute atomic E-state index is 12.6. The van der Waals surface area contributed by atoms with Crippen LogP contribution in [0.3, 0.4) is 0 Å². The number of halogens is 2. The average Bonchev–Trinajstić information content (AvgIpc) is 2.61. The number of hydrogen-bond acceptors (Lipinski definition) is 2. The van der Waals surface area contributed by atoms with E-state index in [2.05, 4.69) is 4.98 Å². The first-order valence-corrected chi connectivity index (χ1v) is 5.22.